The summed E-state index contributed by atoms with van der Waals surface area (Å²) in [5.41, 5.74) is -2.56. The molecule has 2 aromatic carbocycles. The lowest BCUT2D eigenvalue weighted by atomic mass is 9.74. The molecular weight excluding hydrogens is 470 g/mol. The van der Waals surface area contributed by atoms with E-state index in [0.29, 0.717) is 25.0 Å². The normalized spacial score (nSPS) is 20.9. The van der Waals surface area contributed by atoms with Crippen LogP contribution in [0.3, 0.4) is 0 Å². The molecule has 1 aliphatic rings. The van der Waals surface area contributed by atoms with Crippen molar-refractivity contribution in [2.75, 3.05) is 6.54 Å². The lowest BCUT2D eigenvalue weighted by Crippen LogP contribution is -2.44. The molecular formula is C26H30F6N2O. The summed E-state index contributed by atoms with van der Waals surface area (Å²) in [7, 11) is 0. The van der Waals surface area contributed by atoms with Gasteiger partial charge >= 0.3 is 12.4 Å². The highest BCUT2D eigenvalue weighted by Crippen LogP contribution is 2.45. The standard InChI is InChI=1S/C26H30F6N2O/c1-17(2)24(10-8-22(15-24)33-11-9-18-6-4-3-5-7-18)23(35)34-16-19-12-20(25(27,28)29)14-21(13-19)26(30,31)32/h3-7,12-14,17,22,33H,8-11,15-16H2,1-2H3,(H,34,35)/t22-,24+/m1/s1. The Hall–Kier alpha value is -2.55. The highest BCUT2D eigenvalue weighted by molar-refractivity contribution is 5.83. The average molecular weight is 501 g/mol. The fourth-order valence-corrected chi connectivity index (χ4v) is 4.79. The minimum absolute atomic E-state index is 0.0457. The van der Waals surface area contributed by atoms with Crippen LogP contribution in [0.2, 0.25) is 0 Å². The molecule has 0 heterocycles. The first-order chi connectivity index (χ1) is 16.3. The third-order valence-electron chi connectivity index (χ3n) is 6.90. The molecule has 2 aromatic rings. The number of carbonyl (C=O) groups is 1. The van der Waals surface area contributed by atoms with Gasteiger partial charge in [-0.25, -0.2) is 0 Å². The number of hydrogen-bond acceptors (Lipinski definition) is 2. The molecule has 3 rings (SSSR count). The van der Waals surface area contributed by atoms with Crippen molar-refractivity contribution in [1.29, 1.82) is 0 Å². The molecule has 0 radical (unpaired) electrons. The molecule has 3 nitrogen and oxygen atoms in total. The van der Waals surface area contributed by atoms with Crippen molar-refractivity contribution in [1.82, 2.24) is 10.6 Å². The maximum atomic E-state index is 13.2. The molecule has 2 atom stereocenters. The number of nitrogens with one attached hydrogen (secondary N) is 2. The summed E-state index contributed by atoms with van der Waals surface area (Å²) in [5, 5.41) is 6.11. The summed E-state index contributed by atoms with van der Waals surface area (Å²) >= 11 is 0. The van der Waals surface area contributed by atoms with Gasteiger partial charge in [0.05, 0.1) is 16.5 Å². The minimum Gasteiger partial charge on any atom is -0.352 e. The van der Waals surface area contributed by atoms with Gasteiger partial charge in [0, 0.05) is 12.6 Å². The van der Waals surface area contributed by atoms with Crippen LogP contribution in [0.5, 0.6) is 0 Å². The van der Waals surface area contributed by atoms with Crippen molar-refractivity contribution in [3.63, 3.8) is 0 Å². The van der Waals surface area contributed by atoms with E-state index in [-0.39, 0.29) is 29.5 Å². The molecule has 0 aliphatic heterocycles. The van der Waals surface area contributed by atoms with E-state index in [4.69, 9.17) is 0 Å². The molecule has 1 amide bonds. The Morgan fingerprint density at radius 3 is 2.11 bits per heavy atom. The average Bonchev–Trinajstić information content (AvgIpc) is 3.22. The van der Waals surface area contributed by atoms with Gasteiger partial charge in [-0.2, -0.15) is 26.3 Å². The molecule has 0 bridgehead atoms. The van der Waals surface area contributed by atoms with Crippen molar-refractivity contribution >= 4 is 5.91 Å². The maximum absolute atomic E-state index is 13.2. The monoisotopic (exact) mass is 500 g/mol. The first kappa shape index (κ1) is 27.0. The van der Waals surface area contributed by atoms with Gasteiger partial charge in [0.1, 0.15) is 0 Å². The van der Waals surface area contributed by atoms with Gasteiger partial charge in [-0.15, -0.1) is 0 Å². The van der Waals surface area contributed by atoms with Crippen molar-refractivity contribution in [2.24, 2.45) is 11.3 Å². The molecule has 192 valence electrons. The Morgan fingerprint density at radius 2 is 1.57 bits per heavy atom. The Kier molecular flexibility index (Phi) is 8.19. The van der Waals surface area contributed by atoms with Crippen LogP contribution in [0.15, 0.2) is 48.5 Å². The topological polar surface area (TPSA) is 41.1 Å². The van der Waals surface area contributed by atoms with Crippen LogP contribution >= 0.6 is 0 Å². The number of hydrogen-bond donors (Lipinski definition) is 2. The van der Waals surface area contributed by atoms with Crippen LogP contribution in [-0.4, -0.2) is 18.5 Å². The second kappa shape index (κ2) is 10.6. The van der Waals surface area contributed by atoms with E-state index < -0.39 is 35.4 Å². The second-order valence-corrected chi connectivity index (χ2v) is 9.54. The first-order valence-corrected chi connectivity index (χ1v) is 11.7. The van der Waals surface area contributed by atoms with E-state index in [0.717, 1.165) is 19.4 Å². The van der Waals surface area contributed by atoms with Crippen LogP contribution in [-0.2, 0) is 30.1 Å². The Balaban J connectivity index is 1.66. The predicted octanol–water partition coefficient (Wildman–Crippen LogP) is 6.37. The minimum atomic E-state index is -4.93. The SMILES string of the molecule is CC(C)[C@]1(C(=O)NCc2cc(C(F)(F)F)cc(C(F)(F)F)c2)CC[C@@H](NCCc2ccccc2)C1. The van der Waals surface area contributed by atoms with Crippen molar-refractivity contribution in [2.45, 2.75) is 64.5 Å². The maximum Gasteiger partial charge on any atom is 0.416 e. The van der Waals surface area contributed by atoms with Gasteiger partial charge in [0.25, 0.3) is 0 Å². The van der Waals surface area contributed by atoms with Gasteiger partial charge in [-0.05, 0) is 67.5 Å². The fraction of sp³-hybridized carbons (Fsp3) is 0.500. The number of rotatable bonds is 8. The van der Waals surface area contributed by atoms with E-state index in [1.165, 1.54) is 5.56 Å². The summed E-state index contributed by atoms with van der Waals surface area (Å²) in [4.78, 5) is 13.2. The smallest absolute Gasteiger partial charge is 0.352 e. The Bertz CT molecular complexity index is 971. The van der Waals surface area contributed by atoms with Crippen molar-refractivity contribution in [3.05, 3.63) is 70.8 Å². The largest absolute Gasteiger partial charge is 0.416 e. The van der Waals surface area contributed by atoms with E-state index in [2.05, 4.69) is 10.6 Å². The van der Waals surface area contributed by atoms with Crippen LogP contribution in [0.4, 0.5) is 26.3 Å². The van der Waals surface area contributed by atoms with E-state index >= 15 is 0 Å². The number of benzene rings is 2. The molecule has 9 heteroatoms. The lowest BCUT2D eigenvalue weighted by molar-refractivity contribution is -0.143. The predicted molar refractivity (Wildman–Crippen MR) is 121 cm³/mol. The van der Waals surface area contributed by atoms with Crippen LogP contribution in [0.1, 0.15) is 55.4 Å². The van der Waals surface area contributed by atoms with Gasteiger partial charge in [0.15, 0.2) is 0 Å². The highest BCUT2D eigenvalue weighted by atomic mass is 19.4. The van der Waals surface area contributed by atoms with Gasteiger partial charge in [-0.3, -0.25) is 4.79 Å². The van der Waals surface area contributed by atoms with Crippen LogP contribution in [0.25, 0.3) is 0 Å². The summed E-state index contributed by atoms with van der Waals surface area (Å²) in [6.45, 7) is 4.16. The molecule has 0 unspecified atom stereocenters. The molecule has 1 aliphatic carbocycles. The number of halogens is 6. The number of amides is 1. The Labute approximate surface area is 201 Å². The van der Waals surface area contributed by atoms with Gasteiger partial charge in [-0.1, -0.05) is 44.2 Å². The third-order valence-corrected chi connectivity index (χ3v) is 6.90. The third kappa shape index (κ3) is 6.78. The molecule has 0 aromatic heterocycles. The van der Waals surface area contributed by atoms with Crippen LogP contribution < -0.4 is 10.6 Å². The molecule has 1 fully saturated rings. The lowest BCUT2D eigenvalue weighted by Gasteiger charge is -2.32. The summed E-state index contributed by atoms with van der Waals surface area (Å²) in [6, 6.07) is 11.5. The molecule has 1 saturated carbocycles. The van der Waals surface area contributed by atoms with E-state index in [1.54, 1.807) is 0 Å². The van der Waals surface area contributed by atoms with Crippen LogP contribution in [0, 0.1) is 11.3 Å². The molecule has 35 heavy (non-hydrogen) atoms. The summed E-state index contributed by atoms with van der Waals surface area (Å²) < 4.78 is 78.8. The van der Waals surface area contributed by atoms with Gasteiger partial charge < -0.3 is 10.6 Å². The highest BCUT2D eigenvalue weighted by Gasteiger charge is 2.47. The number of carbonyl (C=O) groups excluding carboxylic acids is 1. The summed E-state index contributed by atoms with van der Waals surface area (Å²) in [5.74, 6) is -0.388. The zero-order valence-electron chi connectivity index (χ0n) is 19.7. The second-order valence-electron chi connectivity index (χ2n) is 9.54. The fourth-order valence-electron chi connectivity index (χ4n) is 4.79. The molecule has 0 spiro atoms. The molecule has 0 saturated heterocycles. The molecule has 2 N–H and O–H groups in total. The van der Waals surface area contributed by atoms with E-state index in [1.807, 2.05) is 44.2 Å². The van der Waals surface area contributed by atoms with E-state index in [9.17, 15) is 31.1 Å². The number of alkyl halides is 6. The van der Waals surface area contributed by atoms with Gasteiger partial charge in [0.2, 0.25) is 5.91 Å². The summed E-state index contributed by atoms with van der Waals surface area (Å²) in [6.07, 6.45) is -7.10. The first-order valence-electron chi connectivity index (χ1n) is 11.7. The Morgan fingerprint density at radius 1 is 0.971 bits per heavy atom. The quantitative estimate of drug-likeness (QED) is 0.414. The zero-order chi connectivity index (χ0) is 25.9. The zero-order valence-corrected chi connectivity index (χ0v) is 19.7. The van der Waals surface area contributed by atoms with Crippen molar-refractivity contribution < 1.29 is 31.1 Å². The van der Waals surface area contributed by atoms with Crippen molar-refractivity contribution in [3.8, 4) is 0 Å².